The van der Waals surface area contributed by atoms with Crippen molar-refractivity contribution in [1.82, 2.24) is 0 Å². The first-order valence-electron chi connectivity index (χ1n) is 16.7. The molecule has 1 unspecified atom stereocenters. The van der Waals surface area contributed by atoms with Gasteiger partial charge in [-0.15, -0.1) is 0 Å². The summed E-state index contributed by atoms with van der Waals surface area (Å²) in [6.07, 6.45) is 10.6. The van der Waals surface area contributed by atoms with Crippen LogP contribution in [-0.4, -0.2) is 57.3 Å². The lowest BCUT2D eigenvalue weighted by molar-refractivity contribution is -0.235. The molecule has 0 aromatic heterocycles. The predicted molar refractivity (Wildman–Crippen MR) is 168 cm³/mol. The van der Waals surface area contributed by atoms with E-state index < -0.39 is 13.9 Å². The van der Waals surface area contributed by atoms with E-state index in [1.807, 2.05) is 0 Å². The van der Waals surface area contributed by atoms with Crippen LogP contribution in [0.2, 0.25) is 16.6 Å². The Morgan fingerprint density at radius 3 is 2.10 bits per heavy atom. The number of hydrogen-bond donors (Lipinski definition) is 0. The largest absolute Gasteiger partial charge is 0.410 e. The first-order valence-corrected chi connectivity index (χ1v) is 18.9. The Balaban J connectivity index is 1.85. The first kappa shape index (κ1) is 34.2. The van der Waals surface area contributed by atoms with Crippen LogP contribution >= 0.6 is 0 Å². The lowest BCUT2D eigenvalue weighted by Gasteiger charge is -2.55. The summed E-state index contributed by atoms with van der Waals surface area (Å²) in [5.74, 6) is 1.21. The zero-order valence-corrected chi connectivity index (χ0v) is 29.1. The topological polar surface area (TPSA) is 46.2 Å². The highest BCUT2D eigenvalue weighted by Gasteiger charge is 2.54. The van der Waals surface area contributed by atoms with Gasteiger partial charge in [0.25, 0.3) is 0 Å². The van der Waals surface area contributed by atoms with Crippen molar-refractivity contribution in [3.8, 4) is 0 Å². The van der Waals surface area contributed by atoms with Crippen molar-refractivity contribution in [2.45, 2.75) is 181 Å². The maximum Gasteiger partial charge on any atom is 0.200 e. The molecule has 5 nitrogen and oxygen atoms in total. The van der Waals surface area contributed by atoms with Gasteiger partial charge in [-0.3, -0.25) is 0 Å². The van der Waals surface area contributed by atoms with Crippen LogP contribution in [0.15, 0.2) is 12.2 Å². The van der Waals surface area contributed by atoms with Crippen LogP contribution in [0.4, 0.5) is 0 Å². The lowest BCUT2D eigenvalue weighted by Crippen LogP contribution is -2.62. The van der Waals surface area contributed by atoms with E-state index in [1.165, 1.54) is 0 Å². The van der Waals surface area contributed by atoms with E-state index in [2.05, 4.69) is 95.2 Å². The van der Waals surface area contributed by atoms with Gasteiger partial charge in [0.1, 0.15) is 6.10 Å². The van der Waals surface area contributed by atoms with E-state index in [1.54, 1.807) is 0 Å². The van der Waals surface area contributed by atoms with Gasteiger partial charge in [-0.25, -0.2) is 0 Å². The number of rotatable bonds is 10. The van der Waals surface area contributed by atoms with Gasteiger partial charge in [-0.05, 0) is 73.4 Å². The average Bonchev–Trinajstić information content (AvgIpc) is 3.06. The van der Waals surface area contributed by atoms with Crippen molar-refractivity contribution in [3.63, 3.8) is 0 Å². The second kappa shape index (κ2) is 14.5. The average molecular weight is 581 g/mol. The fourth-order valence-corrected chi connectivity index (χ4v) is 13.8. The van der Waals surface area contributed by atoms with Crippen LogP contribution in [0.25, 0.3) is 0 Å². The van der Waals surface area contributed by atoms with Gasteiger partial charge >= 0.3 is 0 Å². The van der Waals surface area contributed by atoms with Crippen LogP contribution in [0.5, 0.6) is 0 Å². The predicted octanol–water partition coefficient (Wildman–Crippen LogP) is 9.06. The molecule has 10 atom stereocenters. The van der Waals surface area contributed by atoms with Crippen molar-refractivity contribution in [3.05, 3.63) is 12.2 Å². The van der Waals surface area contributed by atoms with Gasteiger partial charge in [-0.1, -0.05) is 88.3 Å². The molecule has 3 rings (SSSR count). The van der Waals surface area contributed by atoms with E-state index >= 15 is 0 Å². The standard InChI is InChI=1S/C34H64O5Si/c1-13-28-25(9)16-15-17-30-31(36-28)18-19-35-33(37-30)21-27(11)34(12)32(20-26(10)29(14-2)38-34)39-40(22(3)4,23(5)6)24(7)8/h15,17,22-33H,13-14,16,18-21H2,1-12H3/b17-15-/t25-,26+,27-,28+,29-,30+,31-,32-,33?,34+/m1/s1. The molecule has 6 heteroatoms. The zero-order chi connectivity index (χ0) is 29.8. The second-order valence-electron chi connectivity index (χ2n) is 14.5. The SMILES string of the molecule is CC[C@@H]1O[C@@H]2CCOC(C[C@@H](C)[C@]3(C)O[C@H](CC)[C@@H](C)C[C@H]3O[Si](C(C)C)(C(C)C)C(C)C)O[C@H]2/C=C\C[C@H]1C. The van der Waals surface area contributed by atoms with Crippen molar-refractivity contribution in [2.75, 3.05) is 6.61 Å². The molecule has 0 amide bonds. The van der Waals surface area contributed by atoms with E-state index in [0.29, 0.717) is 35.1 Å². The molecular weight excluding hydrogens is 516 g/mol. The van der Waals surface area contributed by atoms with Gasteiger partial charge in [0.15, 0.2) is 6.29 Å². The normalized spacial score (nSPS) is 39.5. The fourth-order valence-electron chi connectivity index (χ4n) is 8.16. The lowest BCUT2D eigenvalue weighted by atomic mass is 9.75. The molecule has 2 saturated heterocycles. The van der Waals surface area contributed by atoms with Crippen LogP contribution in [0.1, 0.15) is 122 Å². The second-order valence-corrected chi connectivity index (χ2v) is 19.9. The molecular formula is C34H64O5Si. The first-order chi connectivity index (χ1) is 18.8. The van der Waals surface area contributed by atoms with Crippen molar-refractivity contribution >= 4 is 8.32 Å². The van der Waals surface area contributed by atoms with Gasteiger partial charge in [0.05, 0.1) is 36.6 Å². The fraction of sp³-hybridized carbons (Fsp3) is 0.941. The summed E-state index contributed by atoms with van der Waals surface area (Å²) >= 11 is 0. The summed E-state index contributed by atoms with van der Waals surface area (Å²) in [6, 6.07) is 0. The third kappa shape index (κ3) is 7.27. The molecule has 0 bridgehead atoms. The summed E-state index contributed by atoms with van der Waals surface area (Å²) in [5.41, 5.74) is 1.21. The van der Waals surface area contributed by atoms with Crippen molar-refractivity contribution in [1.29, 1.82) is 0 Å². The molecule has 3 aliphatic heterocycles. The molecule has 0 N–H and O–H groups in total. The molecule has 0 spiro atoms. The summed E-state index contributed by atoms with van der Waals surface area (Å²) in [7, 11) is -2.09. The Morgan fingerprint density at radius 2 is 1.52 bits per heavy atom. The molecule has 3 aliphatic rings. The minimum Gasteiger partial charge on any atom is -0.410 e. The molecule has 0 radical (unpaired) electrons. The van der Waals surface area contributed by atoms with Gasteiger partial charge in [0.2, 0.25) is 8.32 Å². The summed E-state index contributed by atoms with van der Waals surface area (Å²) in [5, 5.41) is 0. The van der Waals surface area contributed by atoms with Crippen molar-refractivity contribution < 1.29 is 23.4 Å². The van der Waals surface area contributed by atoms with Gasteiger partial charge < -0.3 is 23.4 Å². The Morgan fingerprint density at radius 1 is 0.900 bits per heavy atom. The molecule has 0 saturated carbocycles. The monoisotopic (exact) mass is 580 g/mol. The Labute approximate surface area is 248 Å². The van der Waals surface area contributed by atoms with Gasteiger partial charge in [0, 0.05) is 6.42 Å². The summed E-state index contributed by atoms with van der Waals surface area (Å²) in [4.78, 5) is 0. The molecule has 0 aromatic carbocycles. The minimum atomic E-state index is -2.09. The van der Waals surface area contributed by atoms with Gasteiger partial charge in [-0.2, -0.15) is 0 Å². The quantitative estimate of drug-likeness (QED) is 0.190. The summed E-state index contributed by atoms with van der Waals surface area (Å²) < 4.78 is 34.3. The van der Waals surface area contributed by atoms with E-state index in [9.17, 15) is 0 Å². The highest BCUT2D eigenvalue weighted by Crippen LogP contribution is 2.49. The van der Waals surface area contributed by atoms with E-state index in [-0.39, 0.29) is 42.7 Å². The Bertz CT molecular complexity index is 777. The molecule has 0 aliphatic carbocycles. The molecule has 0 aromatic rings. The van der Waals surface area contributed by atoms with Crippen molar-refractivity contribution in [2.24, 2.45) is 17.8 Å². The zero-order valence-electron chi connectivity index (χ0n) is 28.1. The molecule has 2 fully saturated rings. The minimum absolute atomic E-state index is 0.0434. The molecule has 3 heterocycles. The third-order valence-corrected chi connectivity index (χ3v) is 17.0. The maximum atomic E-state index is 7.53. The highest BCUT2D eigenvalue weighted by atomic mass is 28.4. The third-order valence-electron chi connectivity index (χ3n) is 10.8. The van der Waals surface area contributed by atoms with Crippen LogP contribution in [0, 0.1) is 17.8 Å². The number of allylic oxidation sites excluding steroid dienone is 1. The van der Waals surface area contributed by atoms with E-state index in [0.717, 1.165) is 38.5 Å². The number of fused-ring (bicyclic) bond motifs is 1. The Kier molecular flexibility index (Phi) is 12.4. The molecule has 234 valence electrons. The van der Waals surface area contributed by atoms with Crippen LogP contribution in [-0.2, 0) is 23.4 Å². The smallest absolute Gasteiger partial charge is 0.200 e. The molecule has 40 heavy (non-hydrogen) atoms. The maximum absolute atomic E-state index is 7.53. The Hall–Kier alpha value is -0.243. The summed E-state index contributed by atoms with van der Waals surface area (Å²) in [6.45, 7) is 28.7. The van der Waals surface area contributed by atoms with Crippen LogP contribution < -0.4 is 0 Å². The highest BCUT2D eigenvalue weighted by molar-refractivity contribution is 6.77. The number of hydrogen-bond acceptors (Lipinski definition) is 5. The van der Waals surface area contributed by atoms with Crippen LogP contribution in [0.3, 0.4) is 0 Å². The number of ether oxygens (including phenoxy) is 4. The van der Waals surface area contributed by atoms with E-state index in [4.69, 9.17) is 23.4 Å².